The van der Waals surface area contributed by atoms with Crippen LogP contribution in [0.3, 0.4) is 0 Å². The Morgan fingerprint density at radius 3 is 2.56 bits per heavy atom. The molecular formula is C11H17N3O2. The highest BCUT2D eigenvalue weighted by atomic mass is 16.2. The maximum Gasteiger partial charge on any atom is 0.242 e. The second kappa shape index (κ2) is 3.73. The van der Waals surface area contributed by atoms with E-state index in [1.807, 2.05) is 4.90 Å². The van der Waals surface area contributed by atoms with Gasteiger partial charge in [-0.3, -0.25) is 15.0 Å². The lowest BCUT2D eigenvalue weighted by Crippen LogP contribution is -2.45. The van der Waals surface area contributed by atoms with Gasteiger partial charge in [0.15, 0.2) is 0 Å². The number of carbonyl (C=O) groups is 2. The lowest BCUT2D eigenvalue weighted by atomic mass is 9.94. The summed E-state index contributed by atoms with van der Waals surface area (Å²) in [6.45, 7) is 0.604. The number of likely N-dealkylation sites (tertiary alicyclic amines) is 1. The Hall–Kier alpha value is -1.10. The van der Waals surface area contributed by atoms with Crippen molar-refractivity contribution in [3.63, 3.8) is 0 Å². The van der Waals surface area contributed by atoms with Crippen LogP contribution in [0.4, 0.5) is 0 Å². The molecule has 2 N–H and O–H groups in total. The first-order valence-electron chi connectivity index (χ1n) is 6.13. The first-order valence-corrected chi connectivity index (χ1v) is 6.13. The summed E-state index contributed by atoms with van der Waals surface area (Å²) in [5, 5.41) is 0. The summed E-state index contributed by atoms with van der Waals surface area (Å²) in [5.74, 6) is -0.0960. The highest BCUT2D eigenvalue weighted by molar-refractivity contribution is 5.96. The summed E-state index contributed by atoms with van der Waals surface area (Å²) in [7, 11) is 0. The fourth-order valence-corrected chi connectivity index (χ4v) is 3.12. The van der Waals surface area contributed by atoms with Crippen LogP contribution in [0.25, 0.3) is 0 Å². The molecule has 0 aromatic carbocycles. The largest absolute Gasteiger partial charge is 0.337 e. The molecule has 2 saturated heterocycles. The van der Waals surface area contributed by atoms with Crippen LogP contribution in [-0.4, -0.2) is 35.3 Å². The minimum atomic E-state index is -0.311. The summed E-state index contributed by atoms with van der Waals surface area (Å²) in [4.78, 5) is 25.5. The molecule has 1 aliphatic carbocycles. The molecule has 2 heterocycles. The molecule has 88 valence electrons. The minimum Gasteiger partial charge on any atom is -0.337 e. The van der Waals surface area contributed by atoms with Crippen molar-refractivity contribution in [1.82, 2.24) is 15.8 Å². The lowest BCUT2D eigenvalue weighted by Gasteiger charge is -2.31. The molecular weight excluding hydrogens is 206 g/mol. The fraction of sp³-hybridized carbons (Fsp3) is 0.818. The van der Waals surface area contributed by atoms with Gasteiger partial charge in [0.05, 0.1) is 5.92 Å². The van der Waals surface area contributed by atoms with Crippen LogP contribution in [0, 0.1) is 5.92 Å². The number of nitrogens with one attached hydrogen (secondary N) is 2. The van der Waals surface area contributed by atoms with Crippen molar-refractivity contribution in [3.05, 3.63) is 0 Å². The second-order valence-corrected chi connectivity index (χ2v) is 5.00. The maximum atomic E-state index is 12.1. The monoisotopic (exact) mass is 223 g/mol. The summed E-state index contributed by atoms with van der Waals surface area (Å²) < 4.78 is 0. The van der Waals surface area contributed by atoms with Gasteiger partial charge < -0.3 is 4.90 Å². The highest BCUT2D eigenvalue weighted by Gasteiger charge is 2.49. The van der Waals surface area contributed by atoms with E-state index in [1.54, 1.807) is 0 Å². The third kappa shape index (κ3) is 1.42. The molecule has 0 unspecified atom stereocenters. The predicted octanol–water partition coefficient (Wildman–Crippen LogP) is -0.220. The number of fused-ring (bicyclic) bond motifs is 1. The lowest BCUT2D eigenvalue weighted by molar-refractivity contribution is -0.132. The van der Waals surface area contributed by atoms with Crippen LogP contribution in [0.1, 0.15) is 32.1 Å². The van der Waals surface area contributed by atoms with Gasteiger partial charge in [0.1, 0.15) is 6.04 Å². The van der Waals surface area contributed by atoms with E-state index in [0.717, 1.165) is 12.8 Å². The number of hydrazine groups is 1. The number of amides is 2. The number of hydrogen-bond acceptors (Lipinski definition) is 3. The van der Waals surface area contributed by atoms with E-state index in [9.17, 15) is 9.59 Å². The third-order valence-corrected chi connectivity index (χ3v) is 4.05. The first-order chi connectivity index (χ1) is 7.77. The van der Waals surface area contributed by atoms with Gasteiger partial charge in [0, 0.05) is 12.6 Å². The molecule has 5 heteroatoms. The summed E-state index contributed by atoms with van der Waals surface area (Å²) in [6, 6.07) is 0.0656. The third-order valence-electron chi connectivity index (χ3n) is 4.05. The zero-order valence-electron chi connectivity index (χ0n) is 9.24. The Morgan fingerprint density at radius 2 is 1.88 bits per heavy atom. The Bertz CT molecular complexity index is 325. The zero-order valence-corrected chi connectivity index (χ0v) is 9.24. The topological polar surface area (TPSA) is 61.4 Å². The quantitative estimate of drug-likeness (QED) is 0.646. The van der Waals surface area contributed by atoms with Gasteiger partial charge >= 0.3 is 0 Å². The SMILES string of the molecule is O=C1NN[C@@H]2C(=O)N(C3CCCCC3)C[C@@H]12. The minimum absolute atomic E-state index is 0.0309. The molecule has 0 bridgehead atoms. The van der Waals surface area contributed by atoms with Crippen LogP contribution in [-0.2, 0) is 9.59 Å². The smallest absolute Gasteiger partial charge is 0.242 e. The zero-order chi connectivity index (χ0) is 11.1. The van der Waals surface area contributed by atoms with Crippen molar-refractivity contribution >= 4 is 11.8 Å². The Morgan fingerprint density at radius 1 is 1.12 bits per heavy atom. The van der Waals surface area contributed by atoms with E-state index in [4.69, 9.17) is 0 Å². The second-order valence-electron chi connectivity index (χ2n) is 5.00. The average molecular weight is 223 g/mol. The van der Waals surface area contributed by atoms with Gasteiger partial charge in [-0.1, -0.05) is 19.3 Å². The van der Waals surface area contributed by atoms with Crippen LogP contribution >= 0.6 is 0 Å². The molecule has 2 amide bonds. The molecule has 16 heavy (non-hydrogen) atoms. The molecule has 3 rings (SSSR count). The molecule has 0 radical (unpaired) electrons. The number of rotatable bonds is 1. The molecule has 1 saturated carbocycles. The standard InChI is InChI=1S/C11H17N3O2/c15-10-8-6-14(7-4-2-1-3-5-7)11(16)9(8)12-13-10/h7-9,12H,1-6H2,(H,13,15)/t8-,9+/m1/s1. The van der Waals surface area contributed by atoms with Gasteiger partial charge in [-0.15, -0.1) is 0 Å². The van der Waals surface area contributed by atoms with Gasteiger partial charge in [0.2, 0.25) is 11.8 Å². The molecule has 3 aliphatic rings. The van der Waals surface area contributed by atoms with Crippen LogP contribution in [0.2, 0.25) is 0 Å². The molecule has 5 nitrogen and oxygen atoms in total. The van der Waals surface area contributed by atoms with E-state index in [1.165, 1.54) is 19.3 Å². The van der Waals surface area contributed by atoms with Gasteiger partial charge in [0.25, 0.3) is 0 Å². The molecule has 0 spiro atoms. The Balaban J connectivity index is 1.73. The Kier molecular flexibility index (Phi) is 2.35. The molecule has 3 fully saturated rings. The number of nitrogens with zero attached hydrogens (tertiary/aromatic N) is 1. The Labute approximate surface area is 94.5 Å². The molecule has 2 aliphatic heterocycles. The highest BCUT2D eigenvalue weighted by Crippen LogP contribution is 2.30. The van der Waals surface area contributed by atoms with Crippen molar-refractivity contribution in [3.8, 4) is 0 Å². The van der Waals surface area contributed by atoms with Crippen molar-refractivity contribution in [2.45, 2.75) is 44.2 Å². The van der Waals surface area contributed by atoms with Crippen LogP contribution < -0.4 is 10.9 Å². The van der Waals surface area contributed by atoms with E-state index in [0.29, 0.717) is 12.6 Å². The van der Waals surface area contributed by atoms with Crippen molar-refractivity contribution < 1.29 is 9.59 Å². The fourth-order valence-electron chi connectivity index (χ4n) is 3.12. The maximum absolute atomic E-state index is 12.1. The van der Waals surface area contributed by atoms with Gasteiger partial charge in [-0.05, 0) is 12.8 Å². The first kappa shape index (κ1) is 10.1. The number of carbonyl (C=O) groups excluding carboxylic acids is 2. The van der Waals surface area contributed by atoms with Gasteiger partial charge in [-0.2, -0.15) is 0 Å². The summed E-state index contributed by atoms with van der Waals surface area (Å²) >= 11 is 0. The van der Waals surface area contributed by atoms with Crippen LogP contribution in [0.15, 0.2) is 0 Å². The normalized spacial score (nSPS) is 35.4. The van der Waals surface area contributed by atoms with E-state index >= 15 is 0 Å². The molecule has 2 atom stereocenters. The van der Waals surface area contributed by atoms with Gasteiger partial charge in [-0.25, -0.2) is 5.43 Å². The van der Waals surface area contributed by atoms with Crippen LogP contribution in [0.5, 0.6) is 0 Å². The summed E-state index contributed by atoms with van der Waals surface area (Å²) in [6.07, 6.45) is 5.91. The average Bonchev–Trinajstić information content (AvgIpc) is 2.83. The molecule has 0 aromatic rings. The predicted molar refractivity (Wildman–Crippen MR) is 57.1 cm³/mol. The van der Waals surface area contributed by atoms with Crippen molar-refractivity contribution in [2.24, 2.45) is 5.92 Å². The van der Waals surface area contributed by atoms with E-state index in [2.05, 4.69) is 10.9 Å². The van der Waals surface area contributed by atoms with Crippen molar-refractivity contribution in [2.75, 3.05) is 6.54 Å². The van der Waals surface area contributed by atoms with E-state index in [-0.39, 0.29) is 23.8 Å². The van der Waals surface area contributed by atoms with E-state index < -0.39 is 0 Å². The number of hydrogen-bond donors (Lipinski definition) is 2. The summed E-state index contributed by atoms with van der Waals surface area (Å²) in [5.41, 5.74) is 5.34. The molecule has 0 aromatic heterocycles. The van der Waals surface area contributed by atoms with Crippen molar-refractivity contribution in [1.29, 1.82) is 0 Å².